The predicted molar refractivity (Wildman–Crippen MR) is 76.0 cm³/mol. The van der Waals surface area contributed by atoms with Crippen LogP contribution in [-0.2, 0) is 6.54 Å². The van der Waals surface area contributed by atoms with Crippen molar-refractivity contribution in [2.45, 2.75) is 13.5 Å². The summed E-state index contributed by atoms with van der Waals surface area (Å²) in [6.07, 6.45) is 0. The second kappa shape index (κ2) is 6.71. The van der Waals surface area contributed by atoms with E-state index < -0.39 is 11.6 Å². The zero-order chi connectivity index (χ0) is 15.2. The van der Waals surface area contributed by atoms with Crippen molar-refractivity contribution in [3.05, 3.63) is 59.2 Å². The Kier molecular flexibility index (Phi) is 4.72. The SMILES string of the molecule is Cc1cc(F)c(NCc2cccc(OCC#N)c2)cc1F. The van der Waals surface area contributed by atoms with Crippen LogP contribution in [0.25, 0.3) is 0 Å². The fraction of sp³-hybridized carbons (Fsp3) is 0.188. The van der Waals surface area contributed by atoms with Crippen molar-refractivity contribution in [2.24, 2.45) is 0 Å². The van der Waals surface area contributed by atoms with E-state index in [1.807, 2.05) is 12.1 Å². The molecule has 108 valence electrons. The molecule has 0 aromatic heterocycles. The zero-order valence-corrected chi connectivity index (χ0v) is 11.5. The molecule has 2 aromatic rings. The van der Waals surface area contributed by atoms with Gasteiger partial charge in [-0.1, -0.05) is 12.1 Å². The topological polar surface area (TPSA) is 45.0 Å². The van der Waals surface area contributed by atoms with Crippen LogP contribution in [0.2, 0.25) is 0 Å². The summed E-state index contributed by atoms with van der Waals surface area (Å²) in [5.41, 5.74) is 1.22. The summed E-state index contributed by atoms with van der Waals surface area (Å²) in [4.78, 5) is 0. The molecule has 0 atom stereocenters. The highest BCUT2D eigenvalue weighted by atomic mass is 19.1. The first-order valence-electron chi connectivity index (χ1n) is 6.38. The Hall–Kier alpha value is -2.61. The Balaban J connectivity index is 2.06. The number of halogens is 2. The quantitative estimate of drug-likeness (QED) is 0.910. The molecule has 3 nitrogen and oxygen atoms in total. The monoisotopic (exact) mass is 288 g/mol. The highest BCUT2D eigenvalue weighted by Crippen LogP contribution is 2.20. The van der Waals surface area contributed by atoms with Gasteiger partial charge in [-0.2, -0.15) is 5.26 Å². The lowest BCUT2D eigenvalue weighted by Crippen LogP contribution is -2.03. The Morgan fingerprint density at radius 2 is 2.00 bits per heavy atom. The number of rotatable bonds is 5. The van der Waals surface area contributed by atoms with Gasteiger partial charge in [0.2, 0.25) is 0 Å². The van der Waals surface area contributed by atoms with Gasteiger partial charge in [0.05, 0.1) is 5.69 Å². The predicted octanol–water partition coefficient (Wildman–Crippen LogP) is 3.79. The van der Waals surface area contributed by atoms with Gasteiger partial charge in [-0.05, 0) is 36.2 Å². The van der Waals surface area contributed by atoms with Gasteiger partial charge in [0.1, 0.15) is 23.5 Å². The zero-order valence-electron chi connectivity index (χ0n) is 11.5. The minimum absolute atomic E-state index is 0.0331. The molecule has 0 fully saturated rings. The van der Waals surface area contributed by atoms with Crippen LogP contribution in [0.3, 0.4) is 0 Å². The van der Waals surface area contributed by atoms with Gasteiger partial charge in [-0.3, -0.25) is 0 Å². The Labute approximate surface area is 121 Å². The standard InChI is InChI=1S/C16H14F2N2O/c1-11-7-15(18)16(9-14(11)17)20-10-12-3-2-4-13(8-12)21-6-5-19/h2-4,7-9,20H,6,10H2,1H3. The number of anilines is 1. The van der Waals surface area contributed by atoms with Crippen LogP contribution in [0.5, 0.6) is 5.75 Å². The van der Waals surface area contributed by atoms with Crippen LogP contribution in [0.15, 0.2) is 36.4 Å². The summed E-state index contributed by atoms with van der Waals surface area (Å²) in [7, 11) is 0. The molecule has 0 radical (unpaired) electrons. The first-order chi connectivity index (χ1) is 10.1. The van der Waals surface area contributed by atoms with Crippen LogP contribution in [-0.4, -0.2) is 6.61 Å². The van der Waals surface area contributed by atoms with E-state index in [9.17, 15) is 8.78 Å². The van der Waals surface area contributed by atoms with Crippen molar-refractivity contribution in [1.82, 2.24) is 0 Å². The summed E-state index contributed by atoms with van der Waals surface area (Å²) < 4.78 is 32.3. The second-order valence-electron chi connectivity index (χ2n) is 4.53. The molecule has 0 heterocycles. The summed E-state index contributed by atoms with van der Waals surface area (Å²) in [6, 6.07) is 11.3. The molecule has 0 aliphatic rings. The van der Waals surface area contributed by atoms with E-state index in [0.717, 1.165) is 17.7 Å². The third-order valence-electron chi connectivity index (χ3n) is 2.93. The van der Waals surface area contributed by atoms with E-state index >= 15 is 0 Å². The molecule has 21 heavy (non-hydrogen) atoms. The number of nitriles is 1. The van der Waals surface area contributed by atoms with Crippen molar-refractivity contribution in [3.8, 4) is 11.8 Å². The van der Waals surface area contributed by atoms with Crippen molar-refractivity contribution in [1.29, 1.82) is 5.26 Å². The molecule has 5 heteroatoms. The first kappa shape index (κ1) is 14.8. The lowest BCUT2D eigenvalue weighted by atomic mass is 10.2. The van der Waals surface area contributed by atoms with Crippen molar-refractivity contribution in [3.63, 3.8) is 0 Å². The molecular formula is C16H14F2N2O. The highest BCUT2D eigenvalue weighted by Gasteiger charge is 2.07. The minimum atomic E-state index is -0.495. The third kappa shape index (κ3) is 3.93. The maximum atomic E-state index is 13.7. The minimum Gasteiger partial charge on any atom is -0.479 e. The largest absolute Gasteiger partial charge is 0.479 e. The number of aryl methyl sites for hydroxylation is 1. The van der Waals surface area contributed by atoms with Gasteiger partial charge in [0.25, 0.3) is 0 Å². The third-order valence-corrected chi connectivity index (χ3v) is 2.93. The molecule has 0 amide bonds. The Morgan fingerprint density at radius 3 is 2.76 bits per heavy atom. The van der Waals surface area contributed by atoms with Crippen LogP contribution in [0, 0.1) is 29.9 Å². The molecular weight excluding hydrogens is 274 g/mol. The maximum Gasteiger partial charge on any atom is 0.174 e. The van der Waals surface area contributed by atoms with E-state index in [0.29, 0.717) is 12.3 Å². The average Bonchev–Trinajstić information content (AvgIpc) is 2.48. The van der Waals surface area contributed by atoms with Crippen LogP contribution in [0.1, 0.15) is 11.1 Å². The number of nitrogens with one attached hydrogen (secondary N) is 1. The van der Waals surface area contributed by atoms with E-state index in [-0.39, 0.29) is 17.9 Å². The lowest BCUT2D eigenvalue weighted by Gasteiger charge is -2.10. The fourth-order valence-electron chi connectivity index (χ4n) is 1.84. The lowest BCUT2D eigenvalue weighted by molar-refractivity contribution is 0.368. The van der Waals surface area contributed by atoms with E-state index in [4.69, 9.17) is 10.00 Å². The van der Waals surface area contributed by atoms with Crippen molar-refractivity contribution < 1.29 is 13.5 Å². The van der Waals surface area contributed by atoms with Gasteiger partial charge in [0.15, 0.2) is 6.61 Å². The van der Waals surface area contributed by atoms with E-state index in [2.05, 4.69) is 5.32 Å². The summed E-state index contributed by atoms with van der Waals surface area (Å²) in [6.45, 7) is 1.80. The first-order valence-corrected chi connectivity index (χ1v) is 6.38. The van der Waals surface area contributed by atoms with Crippen LogP contribution >= 0.6 is 0 Å². The molecule has 0 aliphatic heterocycles. The molecule has 2 aromatic carbocycles. The fourth-order valence-corrected chi connectivity index (χ4v) is 1.84. The normalized spacial score (nSPS) is 10.0. The number of nitrogens with zero attached hydrogens (tertiary/aromatic N) is 1. The molecule has 0 spiro atoms. The number of benzene rings is 2. The van der Waals surface area contributed by atoms with Crippen molar-refractivity contribution >= 4 is 5.69 Å². The van der Waals surface area contributed by atoms with Gasteiger partial charge in [-0.15, -0.1) is 0 Å². The van der Waals surface area contributed by atoms with E-state index in [1.54, 1.807) is 18.2 Å². The second-order valence-corrected chi connectivity index (χ2v) is 4.53. The maximum absolute atomic E-state index is 13.7. The van der Waals surface area contributed by atoms with Gasteiger partial charge >= 0.3 is 0 Å². The highest BCUT2D eigenvalue weighted by molar-refractivity contribution is 5.47. The number of hydrogen-bond acceptors (Lipinski definition) is 3. The number of ether oxygens (including phenoxy) is 1. The molecule has 0 aliphatic carbocycles. The van der Waals surface area contributed by atoms with Gasteiger partial charge < -0.3 is 10.1 Å². The molecule has 0 unspecified atom stereocenters. The average molecular weight is 288 g/mol. The van der Waals surface area contributed by atoms with Gasteiger partial charge in [0, 0.05) is 12.6 Å². The summed E-state index contributed by atoms with van der Waals surface area (Å²) in [5, 5.41) is 11.3. The van der Waals surface area contributed by atoms with Crippen LogP contribution in [0.4, 0.5) is 14.5 Å². The number of hydrogen-bond donors (Lipinski definition) is 1. The van der Waals surface area contributed by atoms with E-state index in [1.165, 1.54) is 6.92 Å². The molecule has 1 N–H and O–H groups in total. The molecule has 0 bridgehead atoms. The molecule has 0 saturated carbocycles. The Morgan fingerprint density at radius 1 is 1.19 bits per heavy atom. The smallest absolute Gasteiger partial charge is 0.174 e. The summed E-state index contributed by atoms with van der Waals surface area (Å²) >= 11 is 0. The molecule has 2 rings (SSSR count). The molecule has 0 saturated heterocycles. The summed E-state index contributed by atoms with van der Waals surface area (Å²) in [5.74, 6) is -0.387. The van der Waals surface area contributed by atoms with Crippen molar-refractivity contribution in [2.75, 3.05) is 11.9 Å². The Bertz CT molecular complexity index is 680. The van der Waals surface area contributed by atoms with Crippen LogP contribution < -0.4 is 10.1 Å². The van der Waals surface area contributed by atoms with Gasteiger partial charge in [-0.25, -0.2) is 8.78 Å².